The van der Waals surface area contributed by atoms with Crippen molar-refractivity contribution >= 4 is 5.91 Å². The highest BCUT2D eigenvalue weighted by Gasteiger charge is 2.31. The molecule has 2 aromatic rings. The lowest BCUT2D eigenvalue weighted by Gasteiger charge is -2.13. The molecular formula is C16H18N2O3. The molecule has 1 amide bonds. The summed E-state index contributed by atoms with van der Waals surface area (Å²) in [5.74, 6) is 0.725. The monoisotopic (exact) mass is 286 g/mol. The lowest BCUT2D eigenvalue weighted by molar-refractivity contribution is -0.127. The molecule has 2 atom stereocenters. The number of carbonyl (C=O) groups excluding carboxylic acids is 1. The molecule has 0 saturated heterocycles. The molecule has 0 aliphatic heterocycles. The molecule has 0 bridgehead atoms. The molecule has 3 rings (SSSR count). The van der Waals surface area contributed by atoms with Crippen molar-refractivity contribution in [2.24, 2.45) is 5.92 Å². The molecule has 2 N–H and O–H groups in total. The normalized spacial score (nSPS) is 21.4. The summed E-state index contributed by atoms with van der Waals surface area (Å²) in [6, 6.07) is 9.69. The minimum atomic E-state index is -0.519. The Kier molecular flexibility index (Phi) is 4.01. The summed E-state index contributed by atoms with van der Waals surface area (Å²) in [7, 11) is 0. The number of amides is 1. The number of nitrogens with one attached hydrogen (secondary N) is 1. The number of hydrogen-bond donors (Lipinski definition) is 2. The molecule has 1 fully saturated rings. The Morgan fingerprint density at radius 3 is 2.86 bits per heavy atom. The van der Waals surface area contributed by atoms with Crippen LogP contribution in [0.2, 0.25) is 0 Å². The minimum absolute atomic E-state index is 0.125. The van der Waals surface area contributed by atoms with Gasteiger partial charge in [0.05, 0.1) is 24.8 Å². The Balaban J connectivity index is 1.59. The van der Waals surface area contributed by atoms with E-state index >= 15 is 0 Å². The summed E-state index contributed by atoms with van der Waals surface area (Å²) < 4.78 is 5.62. The predicted octanol–water partition coefficient (Wildman–Crippen LogP) is 2.12. The topological polar surface area (TPSA) is 75.4 Å². The van der Waals surface area contributed by atoms with Gasteiger partial charge in [-0.15, -0.1) is 0 Å². The maximum Gasteiger partial charge on any atom is 0.226 e. The van der Waals surface area contributed by atoms with Gasteiger partial charge in [-0.3, -0.25) is 4.79 Å². The molecule has 1 aliphatic rings. The molecule has 1 aromatic heterocycles. The Labute approximate surface area is 123 Å². The zero-order valence-corrected chi connectivity index (χ0v) is 11.7. The molecule has 1 aliphatic carbocycles. The van der Waals surface area contributed by atoms with Gasteiger partial charge in [0.1, 0.15) is 0 Å². The first-order valence-electron chi connectivity index (χ1n) is 7.20. The van der Waals surface area contributed by atoms with Crippen molar-refractivity contribution in [2.75, 3.05) is 0 Å². The van der Waals surface area contributed by atoms with Gasteiger partial charge in [0.15, 0.2) is 5.76 Å². The van der Waals surface area contributed by atoms with Crippen LogP contribution >= 0.6 is 0 Å². The number of benzene rings is 1. The fourth-order valence-corrected chi connectivity index (χ4v) is 2.67. The largest absolute Gasteiger partial charge is 0.439 e. The lowest BCUT2D eigenvalue weighted by Crippen LogP contribution is -2.34. The molecule has 110 valence electrons. The van der Waals surface area contributed by atoms with Crippen LogP contribution in [-0.4, -0.2) is 22.1 Å². The Bertz CT molecular complexity index is 609. The molecule has 0 radical (unpaired) electrons. The van der Waals surface area contributed by atoms with Crippen LogP contribution in [0.3, 0.4) is 0 Å². The van der Waals surface area contributed by atoms with E-state index in [1.165, 1.54) is 0 Å². The number of aromatic nitrogens is 1. The van der Waals surface area contributed by atoms with E-state index in [2.05, 4.69) is 10.3 Å². The highest BCUT2D eigenvalue weighted by atomic mass is 16.4. The average Bonchev–Trinajstić information content (AvgIpc) is 3.15. The van der Waals surface area contributed by atoms with E-state index in [0.29, 0.717) is 18.1 Å². The molecule has 5 nitrogen and oxygen atoms in total. The van der Waals surface area contributed by atoms with Crippen LogP contribution in [-0.2, 0) is 11.3 Å². The summed E-state index contributed by atoms with van der Waals surface area (Å²) in [6.45, 7) is 0.245. The van der Waals surface area contributed by atoms with Crippen LogP contribution in [0.4, 0.5) is 0 Å². The van der Waals surface area contributed by atoms with E-state index in [4.69, 9.17) is 4.42 Å². The standard InChI is InChI=1S/C16H18N2O3/c19-13-8-4-7-12(13)16(20)18-10-15-17-9-14(21-15)11-5-2-1-3-6-11/h1-3,5-6,9,12-13,19H,4,7-8,10H2,(H,18,20). The second-order valence-electron chi connectivity index (χ2n) is 5.31. The van der Waals surface area contributed by atoms with E-state index < -0.39 is 6.10 Å². The van der Waals surface area contributed by atoms with Gasteiger partial charge in [-0.1, -0.05) is 30.3 Å². The number of aliphatic hydroxyl groups excluding tert-OH is 1. The van der Waals surface area contributed by atoms with Crippen molar-refractivity contribution in [2.45, 2.75) is 31.9 Å². The number of oxazole rings is 1. The van der Waals surface area contributed by atoms with E-state index in [0.717, 1.165) is 18.4 Å². The van der Waals surface area contributed by atoms with Crippen molar-refractivity contribution in [3.63, 3.8) is 0 Å². The minimum Gasteiger partial charge on any atom is -0.439 e. The maximum atomic E-state index is 12.0. The number of carbonyl (C=O) groups is 1. The van der Waals surface area contributed by atoms with Gasteiger partial charge in [0.25, 0.3) is 0 Å². The fraction of sp³-hybridized carbons (Fsp3) is 0.375. The summed E-state index contributed by atoms with van der Waals surface area (Å²) in [6.07, 6.45) is 3.48. The van der Waals surface area contributed by atoms with E-state index in [-0.39, 0.29) is 18.4 Å². The first kappa shape index (κ1) is 13.8. The molecule has 2 unspecified atom stereocenters. The molecule has 1 heterocycles. The first-order valence-corrected chi connectivity index (χ1v) is 7.20. The third kappa shape index (κ3) is 3.13. The Morgan fingerprint density at radius 2 is 2.14 bits per heavy atom. The van der Waals surface area contributed by atoms with Gasteiger partial charge < -0.3 is 14.8 Å². The fourth-order valence-electron chi connectivity index (χ4n) is 2.67. The maximum absolute atomic E-state index is 12.0. The van der Waals surface area contributed by atoms with Crippen molar-refractivity contribution in [3.8, 4) is 11.3 Å². The Morgan fingerprint density at radius 1 is 1.33 bits per heavy atom. The highest BCUT2D eigenvalue weighted by molar-refractivity contribution is 5.79. The SMILES string of the molecule is O=C(NCc1ncc(-c2ccccc2)o1)C1CCCC1O. The number of nitrogens with zero attached hydrogens (tertiary/aromatic N) is 1. The molecular weight excluding hydrogens is 268 g/mol. The Hall–Kier alpha value is -2.14. The van der Waals surface area contributed by atoms with Crippen LogP contribution in [0.1, 0.15) is 25.2 Å². The van der Waals surface area contributed by atoms with E-state index in [9.17, 15) is 9.90 Å². The van der Waals surface area contributed by atoms with Crippen molar-refractivity contribution in [1.29, 1.82) is 0 Å². The zero-order chi connectivity index (χ0) is 14.7. The quantitative estimate of drug-likeness (QED) is 0.902. The predicted molar refractivity (Wildman–Crippen MR) is 77.1 cm³/mol. The van der Waals surface area contributed by atoms with Crippen molar-refractivity contribution < 1.29 is 14.3 Å². The summed E-state index contributed by atoms with van der Waals surface area (Å²) in [5.41, 5.74) is 0.953. The van der Waals surface area contributed by atoms with Gasteiger partial charge in [-0.05, 0) is 19.3 Å². The van der Waals surface area contributed by atoms with Gasteiger partial charge in [-0.2, -0.15) is 0 Å². The van der Waals surface area contributed by atoms with Gasteiger partial charge in [0, 0.05) is 5.56 Å². The van der Waals surface area contributed by atoms with Crippen molar-refractivity contribution in [3.05, 3.63) is 42.4 Å². The molecule has 21 heavy (non-hydrogen) atoms. The third-order valence-electron chi connectivity index (χ3n) is 3.84. The number of hydrogen-bond acceptors (Lipinski definition) is 4. The van der Waals surface area contributed by atoms with Crippen LogP contribution in [0.5, 0.6) is 0 Å². The second-order valence-corrected chi connectivity index (χ2v) is 5.31. The summed E-state index contributed by atoms with van der Waals surface area (Å²) >= 11 is 0. The zero-order valence-electron chi connectivity index (χ0n) is 11.7. The van der Waals surface area contributed by atoms with Crippen LogP contribution < -0.4 is 5.32 Å². The van der Waals surface area contributed by atoms with Crippen molar-refractivity contribution in [1.82, 2.24) is 10.3 Å². The molecule has 1 aromatic carbocycles. The first-order chi connectivity index (χ1) is 10.2. The second kappa shape index (κ2) is 6.10. The third-order valence-corrected chi connectivity index (χ3v) is 3.84. The molecule has 1 saturated carbocycles. The smallest absolute Gasteiger partial charge is 0.226 e. The number of rotatable bonds is 4. The van der Waals surface area contributed by atoms with Gasteiger partial charge in [-0.25, -0.2) is 4.98 Å². The van der Waals surface area contributed by atoms with E-state index in [1.807, 2.05) is 30.3 Å². The molecule has 0 spiro atoms. The average molecular weight is 286 g/mol. The summed E-state index contributed by atoms with van der Waals surface area (Å²) in [4.78, 5) is 16.1. The highest BCUT2D eigenvalue weighted by Crippen LogP contribution is 2.25. The molecule has 5 heteroatoms. The lowest BCUT2D eigenvalue weighted by atomic mass is 10.1. The van der Waals surface area contributed by atoms with Gasteiger partial charge >= 0.3 is 0 Å². The van der Waals surface area contributed by atoms with Crippen LogP contribution in [0.15, 0.2) is 40.9 Å². The summed E-state index contributed by atoms with van der Waals surface area (Å²) in [5, 5.41) is 12.5. The van der Waals surface area contributed by atoms with Crippen LogP contribution in [0.25, 0.3) is 11.3 Å². The van der Waals surface area contributed by atoms with E-state index in [1.54, 1.807) is 6.20 Å². The van der Waals surface area contributed by atoms with Crippen LogP contribution in [0, 0.1) is 5.92 Å². The number of aliphatic hydroxyl groups is 1. The van der Waals surface area contributed by atoms with Gasteiger partial charge in [0.2, 0.25) is 11.8 Å².